The van der Waals surface area contributed by atoms with Gasteiger partial charge >= 0.3 is 0 Å². The quantitative estimate of drug-likeness (QED) is 0.588. The summed E-state index contributed by atoms with van der Waals surface area (Å²) in [5.74, 6) is 0.741. The summed E-state index contributed by atoms with van der Waals surface area (Å²) < 4.78 is 12.1. The molecule has 0 bridgehead atoms. The van der Waals surface area contributed by atoms with Crippen LogP contribution in [-0.2, 0) is 16.1 Å². The van der Waals surface area contributed by atoms with Gasteiger partial charge in [0.1, 0.15) is 12.4 Å². The number of ether oxygens (including phenoxy) is 2. The first-order chi connectivity index (χ1) is 14.1. The van der Waals surface area contributed by atoms with Gasteiger partial charge in [0, 0.05) is 17.5 Å². The van der Waals surface area contributed by atoms with Crippen molar-refractivity contribution in [3.63, 3.8) is 0 Å². The molecule has 1 atom stereocenters. The predicted octanol–water partition coefficient (Wildman–Crippen LogP) is 5.16. The van der Waals surface area contributed by atoms with Gasteiger partial charge in [-0.05, 0) is 35.9 Å². The SMILES string of the molecule is CC(=O)N1N=C(c2cccc(Cl)c2)O[C@H]1c1ccccc1OCc1ccccc1. The molecule has 1 amide bonds. The van der Waals surface area contributed by atoms with E-state index >= 15 is 0 Å². The summed E-state index contributed by atoms with van der Waals surface area (Å²) >= 11 is 6.09. The van der Waals surface area contributed by atoms with Gasteiger partial charge in [-0.15, -0.1) is 5.10 Å². The number of carbonyl (C=O) groups excluding carboxylic acids is 1. The van der Waals surface area contributed by atoms with Gasteiger partial charge in [-0.2, -0.15) is 5.01 Å². The number of nitrogens with zero attached hydrogens (tertiary/aromatic N) is 2. The minimum absolute atomic E-state index is 0.232. The highest BCUT2D eigenvalue weighted by molar-refractivity contribution is 6.31. The lowest BCUT2D eigenvalue weighted by atomic mass is 10.1. The molecule has 0 saturated heterocycles. The average Bonchev–Trinajstić information content (AvgIpc) is 3.19. The summed E-state index contributed by atoms with van der Waals surface area (Å²) in [7, 11) is 0. The van der Waals surface area contributed by atoms with E-state index in [0.29, 0.717) is 28.8 Å². The van der Waals surface area contributed by atoms with E-state index in [1.54, 1.807) is 12.1 Å². The molecule has 0 spiro atoms. The molecule has 3 aromatic rings. The number of amides is 1. The Morgan fingerprint density at radius 1 is 1.07 bits per heavy atom. The van der Waals surface area contributed by atoms with Crippen molar-refractivity contribution in [1.82, 2.24) is 5.01 Å². The van der Waals surface area contributed by atoms with Gasteiger partial charge in [-0.25, -0.2) is 0 Å². The molecule has 5 nitrogen and oxygen atoms in total. The monoisotopic (exact) mass is 406 g/mol. The van der Waals surface area contributed by atoms with E-state index in [4.69, 9.17) is 21.1 Å². The molecule has 0 aliphatic carbocycles. The minimum Gasteiger partial charge on any atom is -0.488 e. The van der Waals surface area contributed by atoms with Crippen LogP contribution in [0.5, 0.6) is 5.75 Å². The van der Waals surface area contributed by atoms with Crippen LogP contribution >= 0.6 is 11.6 Å². The smallest absolute Gasteiger partial charge is 0.243 e. The molecule has 1 aliphatic rings. The van der Waals surface area contributed by atoms with Crippen molar-refractivity contribution in [3.8, 4) is 5.75 Å². The molecule has 0 aromatic heterocycles. The molecular weight excluding hydrogens is 388 g/mol. The maximum atomic E-state index is 12.2. The van der Waals surface area contributed by atoms with Crippen molar-refractivity contribution in [2.24, 2.45) is 5.10 Å². The molecular formula is C23H19ClN2O3. The van der Waals surface area contributed by atoms with Crippen LogP contribution in [-0.4, -0.2) is 16.8 Å². The molecule has 0 N–H and O–H groups in total. The number of benzene rings is 3. The highest BCUT2D eigenvalue weighted by Gasteiger charge is 2.35. The van der Waals surface area contributed by atoms with Gasteiger partial charge < -0.3 is 9.47 Å². The van der Waals surface area contributed by atoms with Gasteiger partial charge in [0.25, 0.3) is 0 Å². The Bertz CT molecular complexity index is 1050. The zero-order valence-electron chi connectivity index (χ0n) is 15.8. The summed E-state index contributed by atoms with van der Waals surface area (Å²) in [5, 5.41) is 6.27. The van der Waals surface area contributed by atoms with E-state index in [1.807, 2.05) is 66.7 Å². The zero-order chi connectivity index (χ0) is 20.2. The summed E-state index contributed by atoms with van der Waals surface area (Å²) in [4.78, 5) is 12.2. The van der Waals surface area contributed by atoms with E-state index in [9.17, 15) is 4.79 Å². The molecule has 29 heavy (non-hydrogen) atoms. The second-order valence-electron chi connectivity index (χ2n) is 6.56. The van der Waals surface area contributed by atoms with Crippen molar-refractivity contribution in [1.29, 1.82) is 0 Å². The van der Waals surface area contributed by atoms with E-state index in [-0.39, 0.29) is 5.91 Å². The number of hydrogen-bond acceptors (Lipinski definition) is 4. The topological polar surface area (TPSA) is 51.1 Å². The van der Waals surface area contributed by atoms with Crippen LogP contribution in [0.25, 0.3) is 0 Å². The maximum absolute atomic E-state index is 12.2. The van der Waals surface area contributed by atoms with E-state index in [0.717, 1.165) is 11.1 Å². The molecule has 1 heterocycles. The fraction of sp³-hybridized carbons (Fsp3) is 0.130. The number of halogens is 1. The van der Waals surface area contributed by atoms with E-state index in [1.165, 1.54) is 11.9 Å². The second kappa shape index (κ2) is 8.37. The number of hydrogen-bond donors (Lipinski definition) is 0. The van der Waals surface area contributed by atoms with Crippen LogP contribution in [0.4, 0.5) is 0 Å². The molecule has 0 saturated carbocycles. The van der Waals surface area contributed by atoms with Crippen LogP contribution in [0, 0.1) is 0 Å². The fourth-order valence-corrected chi connectivity index (χ4v) is 3.25. The molecule has 0 unspecified atom stereocenters. The Morgan fingerprint density at radius 3 is 2.59 bits per heavy atom. The number of carbonyl (C=O) groups is 1. The molecule has 146 valence electrons. The fourth-order valence-electron chi connectivity index (χ4n) is 3.06. The van der Waals surface area contributed by atoms with Crippen molar-refractivity contribution in [3.05, 3.63) is 101 Å². The van der Waals surface area contributed by atoms with Crippen LogP contribution in [0.3, 0.4) is 0 Å². The summed E-state index contributed by atoms with van der Waals surface area (Å²) in [6.45, 7) is 1.86. The number of para-hydroxylation sites is 1. The number of hydrazone groups is 1. The Morgan fingerprint density at radius 2 is 1.83 bits per heavy atom. The predicted molar refractivity (Wildman–Crippen MR) is 112 cm³/mol. The summed E-state index contributed by atoms with van der Waals surface area (Å²) in [6, 6.07) is 24.5. The van der Waals surface area contributed by atoms with Gasteiger partial charge in [-0.3, -0.25) is 4.79 Å². The molecule has 4 rings (SSSR count). The highest BCUT2D eigenvalue weighted by atomic mass is 35.5. The van der Waals surface area contributed by atoms with Crippen LogP contribution in [0.15, 0.2) is 84.0 Å². The Kier molecular flexibility index (Phi) is 5.49. The second-order valence-corrected chi connectivity index (χ2v) is 7.00. The van der Waals surface area contributed by atoms with Gasteiger partial charge in [0.15, 0.2) is 0 Å². The lowest BCUT2D eigenvalue weighted by Gasteiger charge is -2.22. The highest BCUT2D eigenvalue weighted by Crippen LogP contribution is 2.36. The molecule has 0 fully saturated rings. The van der Waals surface area contributed by atoms with E-state index in [2.05, 4.69) is 5.10 Å². The maximum Gasteiger partial charge on any atom is 0.243 e. The summed E-state index contributed by atoms with van der Waals surface area (Å²) in [5.41, 5.74) is 2.47. The largest absolute Gasteiger partial charge is 0.488 e. The number of rotatable bonds is 5. The first-order valence-corrected chi connectivity index (χ1v) is 9.56. The Labute approximate surface area is 174 Å². The zero-order valence-corrected chi connectivity index (χ0v) is 16.5. The normalized spacial score (nSPS) is 15.6. The molecule has 0 radical (unpaired) electrons. The third-order valence-electron chi connectivity index (χ3n) is 4.46. The molecule has 3 aromatic carbocycles. The average molecular weight is 407 g/mol. The Hall–Kier alpha value is -3.31. The van der Waals surface area contributed by atoms with Gasteiger partial charge in [-0.1, -0.05) is 60.1 Å². The first kappa shape index (κ1) is 19.0. The third-order valence-corrected chi connectivity index (χ3v) is 4.70. The van der Waals surface area contributed by atoms with Crippen LogP contribution in [0.1, 0.15) is 29.8 Å². The third kappa shape index (κ3) is 4.25. The first-order valence-electron chi connectivity index (χ1n) is 9.18. The van der Waals surface area contributed by atoms with Crippen LogP contribution in [0.2, 0.25) is 5.02 Å². The van der Waals surface area contributed by atoms with E-state index < -0.39 is 6.23 Å². The van der Waals surface area contributed by atoms with Crippen molar-refractivity contribution >= 4 is 23.4 Å². The van der Waals surface area contributed by atoms with Gasteiger partial charge in [0.2, 0.25) is 18.0 Å². The molecule has 1 aliphatic heterocycles. The van der Waals surface area contributed by atoms with Crippen LogP contribution < -0.4 is 4.74 Å². The molecule has 6 heteroatoms. The lowest BCUT2D eigenvalue weighted by Crippen LogP contribution is -2.25. The van der Waals surface area contributed by atoms with Gasteiger partial charge in [0.05, 0.1) is 5.56 Å². The van der Waals surface area contributed by atoms with Crippen molar-refractivity contribution in [2.45, 2.75) is 19.8 Å². The van der Waals surface area contributed by atoms with Crippen molar-refractivity contribution in [2.75, 3.05) is 0 Å². The Balaban J connectivity index is 1.61. The summed E-state index contributed by atoms with van der Waals surface area (Å²) in [6.07, 6.45) is -0.714. The standard InChI is InChI=1S/C23H19ClN2O3/c1-16(27)26-23(29-22(25-26)18-10-7-11-19(24)14-18)20-12-5-6-13-21(20)28-15-17-8-3-2-4-9-17/h2-14,23H,15H2,1H3/t23-/m0/s1. The lowest BCUT2D eigenvalue weighted by molar-refractivity contribution is -0.135. The van der Waals surface area contributed by atoms with Crippen molar-refractivity contribution < 1.29 is 14.3 Å². The minimum atomic E-state index is -0.714.